The van der Waals surface area contributed by atoms with E-state index in [1.54, 1.807) is 0 Å². The minimum absolute atomic E-state index is 0.127. The summed E-state index contributed by atoms with van der Waals surface area (Å²) in [6, 6.07) is 88.2. The summed E-state index contributed by atoms with van der Waals surface area (Å²) >= 11 is 0. The third-order valence-corrected chi connectivity index (χ3v) is 14.5. The second kappa shape index (κ2) is 13.4. The van der Waals surface area contributed by atoms with Gasteiger partial charge in [-0.25, -0.2) is 0 Å². The Balaban J connectivity index is 0.985. The number of hydrogen-bond donors (Lipinski definition) is 0. The van der Waals surface area contributed by atoms with Crippen LogP contribution in [0.4, 0.5) is 17.1 Å². The summed E-state index contributed by atoms with van der Waals surface area (Å²) in [4.78, 5) is 2.33. The smallest absolute Gasteiger partial charge is 0.243 e. The van der Waals surface area contributed by atoms with Crippen LogP contribution in [-0.2, 0) is 5.41 Å². The Kier molecular flexibility index (Phi) is 7.44. The number of anilines is 3. The van der Waals surface area contributed by atoms with Gasteiger partial charge < -0.3 is 9.47 Å². The highest BCUT2D eigenvalue weighted by molar-refractivity contribution is 7.00. The van der Waals surface area contributed by atoms with Crippen molar-refractivity contribution in [3.05, 3.63) is 259 Å². The molecule has 0 saturated heterocycles. The number of aromatic nitrogens is 1. The lowest BCUT2D eigenvalue weighted by Crippen LogP contribution is -2.59. The van der Waals surface area contributed by atoms with Gasteiger partial charge in [-0.2, -0.15) is 0 Å². The molecule has 1 spiro atoms. The maximum absolute atomic E-state index is 2.53. The number of rotatable bonds is 5. The van der Waals surface area contributed by atoms with Gasteiger partial charge in [0.15, 0.2) is 0 Å². The van der Waals surface area contributed by atoms with Crippen LogP contribution in [-0.4, -0.2) is 11.3 Å². The molecule has 0 amide bonds. The van der Waals surface area contributed by atoms with E-state index in [-0.39, 0.29) is 6.71 Å². The van der Waals surface area contributed by atoms with Gasteiger partial charge in [0.2, 0.25) is 6.71 Å². The van der Waals surface area contributed by atoms with Crippen molar-refractivity contribution in [3.63, 3.8) is 0 Å². The zero-order valence-electron chi connectivity index (χ0n) is 35.0. The molecule has 1 atom stereocenters. The van der Waals surface area contributed by atoms with Crippen molar-refractivity contribution >= 4 is 62.0 Å². The first-order chi connectivity index (χ1) is 31.8. The van der Waals surface area contributed by atoms with Crippen LogP contribution in [0.25, 0.3) is 60.9 Å². The number of benzene rings is 10. The van der Waals surface area contributed by atoms with Gasteiger partial charge in [0.25, 0.3) is 0 Å². The highest BCUT2D eigenvalue weighted by atomic mass is 15.1. The standard InChI is InChI=1S/C61H39BN2/c1-3-16-42(17-4-1)63(43-18-5-2-6-19-43)44-33-30-40(31-34-44)41-32-36-54-57(38-41)62-56-27-12-8-21-47(56)50-24-15-26-55(60(50)62)61(54)52-25-11-7-20-46(52)51-39-45(35-37-53(51)61)64-58-28-13-9-22-48(58)49-23-10-14-29-59(49)64/h1-39H. The van der Waals surface area contributed by atoms with Gasteiger partial charge in [0, 0.05) is 33.5 Å². The van der Waals surface area contributed by atoms with Crippen molar-refractivity contribution in [1.29, 1.82) is 0 Å². The summed E-state index contributed by atoms with van der Waals surface area (Å²) in [5.41, 5.74) is 23.9. The number of para-hydroxylation sites is 4. The van der Waals surface area contributed by atoms with E-state index in [0.29, 0.717) is 0 Å². The third kappa shape index (κ3) is 4.76. The van der Waals surface area contributed by atoms with Crippen molar-refractivity contribution in [2.75, 3.05) is 4.90 Å². The molecular formula is C61H39BN2. The van der Waals surface area contributed by atoms with E-state index in [1.165, 1.54) is 99.5 Å². The number of nitrogens with zero attached hydrogens (tertiary/aromatic N) is 2. The molecule has 1 unspecified atom stereocenters. The van der Waals surface area contributed by atoms with Crippen molar-refractivity contribution < 1.29 is 0 Å². The number of fused-ring (bicyclic) bond motifs is 15. The molecule has 1 aromatic heterocycles. The molecule has 296 valence electrons. The quantitative estimate of drug-likeness (QED) is 0.157. The highest BCUT2D eigenvalue weighted by Crippen LogP contribution is 2.58. The molecule has 0 fully saturated rings. The molecule has 3 aliphatic rings. The van der Waals surface area contributed by atoms with Crippen molar-refractivity contribution in [3.8, 4) is 39.1 Å². The summed E-state index contributed by atoms with van der Waals surface area (Å²) in [7, 11) is 0. The van der Waals surface area contributed by atoms with E-state index < -0.39 is 5.41 Å². The first-order valence-corrected chi connectivity index (χ1v) is 22.4. The summed E-state index contributed by atoms with van der Waals surface area (Å²) in [5, 5.41) is 2.55. The van der Waals surface area contributed by atoms with Crippen LogP contribution < -0.4 is 21.3 Å². The van der Waals surface area contributed by atoms with E-state index >= 15 is 0 Å². The van der Waals surface area contributed by atoms with E-state index in [1.807, 2.05) is 0 Å². The summed E-state index contributed by atoms with van der Waals surface area (Å²) in [6.07, 6.45) is 0. The Morgan fingerprint density at radius 1 is 0.344 bits per heavy atom. The van der Waals surface area contributed by atoms with E-state index in [2.05, 4.69) is 246 Å². The van der Waals surface area contributed by atoms with Crippen LogP contribution in [0.3, 0.4) is 0 Å². The van der Waals surface area contributed by atoms with Crippen LogP contribution in [0.5, 0.6) is 0 Å². The van der Waals surface area contributed by atoms with Crippen LogP contribution >= 0.6 is 0 Å². The zero-order chi connectivity index (χ0) is 41.9. The Morgan fingerprint density at radius 3 is 1.62 bits per heavy atom. The molecule has 0 saturated carbocycles. The maximum atomic E-state index is 2.53. The largest absolute Gasteiger partial charge is 0.311 e. The molecular weight excluding hydrogens is 771 g/mol. The van der Waals surface area contributed by atoms with E-state index in [0.717, 1.165) is 17.1 Å². The lowest BCUT2D eigenvalue weighted by molar-refractivity contribution is 0.775. The lowest BCUT2D eigenvalue weighted by Gasteiger charge is -2.42. The van der Waals surface area contributed by atoms with Crippen LogP contribution in [0.15, 0.2) is 237 Å². The molecule has 3 heteroatoms. The Morgan fingerprint density at radius 2 is 0.891 bits per heavy atom. The van der Waals surface area contributed by atoms with Crippen LogP contribution in [0, 0.1) is 0 Å². The molecule has 0 N–H and O–H groups in total. The predicted molar refractivity (Wildman–Crippen MR) is 268 cm³/mol. The van der Waals surface area contributed by atoms with E-state index in [9.17, 15) is 0 Å². The molecule has 64 heavy (non-hydrogen) atoms. The Bertz CT molecular complexity index is 3590. The van der Waals surface area contributed by atoms with Gasteiger partial charge in [0.05, 0.1) is 16.4 Å². The van der Waals surface area contributed by atoms with Gasteiger partial charge in [-0.3, -0.25) is 0 Å². The van der Waals surface area contributed by atoms with Gasteiger partial charge in [0.1, 0.15) is 0 Å². The average molecular weight is 811 g/mol. The molecule has 0 bridgehead atoms. The zero-order valence-corrected chi connectivity index (χ0v) is 35.0. The maximum Gasteiger partial charge on any atom is 0.243 e. The second-order valence-electron chi connectivity index (χ2n) is 17.5. The summed E-state index contributed by atoms with van der Waals surface area (Å²) in [6.45, 7) is 0.127. The molecule has 0 radical (unpaired) electrons. The Hall–Kier alpha value is -8.14. The topological polar surface area (TPSA) is 8.17 Å². The third-order valence-electron chi connectivity index (χ3n) is 14.5. The molecule has 2 nitrogen and oxygen atoms in total. The molecule has 11 aromatic rings. The summed E-state index contributed by atoms with van der Waals surface area (Å²) < 4.78 is 2.46. The monoisotopic (exact) mass is 810 g/mol. The minimum Gasteiger partial charge on any atom is -0.311 e. The van der Waals surface area contributed by atoms with Crippen molar-refractivity contribution in [2.45, 2.75) is 5.41 Å². The fourth-order valence-corrected chi connectivity index (χ4v) is 12.0. The first kappa shape index (κ1) is 35.5. The average Bonchev–Trinajstić information content (AvgIpc) is 3.99. The SMILES string of the molecule is c1ccc(N(c2ccccc2)c2ccc(-c3ccc4c(c3)B3c5ccccc5-c5cccc(c53)C43c4ccccc4-c4cc(-n5c6ccccc6c6ccccc65)ccc43)cc2)cc1. The Labute approximate surface area is 373 Å². The molecule has 2 aliphatic heterocycles. The highest BCUT2D eigenvalue weighted by Gasteiger charge is 2.54. The molecule has 3 heterocycles. The second-order valence-corrected chi connectivity index (χ2v) is 17.5. The molecule has 14 rings (SSSR count). The number of hydrogen-bond acceptors (Lipinski definition) is 1. The molecule has 10 aromatic carbocycles. The van der Waals surface area contributed by atoms with Gasteiger partial charge >= 0.3 is 0 Å². The van der Waals surface area contributed by atoms with Gasteiger partial charge in [-0.05, 0) is 116 Å². The molecule has 1 aliphatic carbocycles. The van der Waals surface area contributed by atoms with Crippen molar-refractivity contribution in [2.24, 2.45) is 0 Å². The minimum atomic E-state index is -0.501. The fraction of sp³-hybridized carbons (Fsp3) is 0.0164. The first-order valence-electron chi connectivity index (χ1n) is 22.4. The van der Waals surface area contributed by atoms with Gasteiger partial charge in [-0.15, -0.1) is 0 Å². The van der Waals surface area contributed by atoms with Crippen molar-refractivity contribution in [1.82, 2.24) is 4.57 Å². The lowest BCUT2D eigenvalue weighted by atomic mass is 9.32. The van der Waals surface area contributed by atoms with E-state index in [4.69, 9.17) is 0 Å². The van der Waals surface area contributed by atoms with Crippen LogP contribution in [0.2, 0.25) is 0 Å². The van der Waals surface area contributed by atoms with Gasteiger partial charge in [-0.1, -0.05) is 192 Å². The normalized spacial score (nSPS) is 14.9. The van der Waals surface area contributed by atoms with Crippen LogP contribution in [0.1, 0.15) is 22.3 Å². The predicted octanol–water partition coefficient (Wildman–Crippen LogP) is 13.1. The summed E-state index contributed by atoms with van der Waals surface area (Å²) in [5.74, 6) is 0. The fourth-order valence-electron chi connectivity index (χ4n) is 12.0.